The fourth-order valence-electron chi connectivity index (χ4n) is 3.82. The van der Waals surface area contributed by atoms with Gasteiger partial charge < -0.3 is 28.4 Å². The Labute approximate surface area is 201 Å². The first-order valence-corrected chi connectivity index (χ1v) is 11.5. The summed E-state index contributed by atoms with van der Waals surface area (Å²) in [7, 11) is 2.87. The van der Waals surface area contributed by atoms with Crippen molar-refractivity contribution in [1.29, 1.82) is 0 Å². The minimum absolute atomic E-state index is 0.231. The Morgan fingerprint density at radius 1 is 1.15 bits per heavy atom. The summed E-state index contributed by atoms with van der Waals surface area (Å²) >= 11 is 1.41. The highest BCUT2D eigenvalue weighted by Crippen LogP contribution is 2.41. The lowest BCUT2D eigenvalue weighted by Gasteiger charge is -2.48. The fraction of sp³-hybridized carbons (Fsp3) is 0.435. The van der Waals surface area contributed by atoms with E-state index in [4.69, 9.17) is 28.4 Å². The van der Waals surface area contributed by atoms with Gasteiger partial charge >= 0.3 is 5.97 Å². The quantitative estimate of drug-likeness (QED) is 0.238. The number of carbonyl (C=O) groups excluding carboxylic acids is 1. The average Bonchev–Trinajstić information content (AvgIpc) is 2.88. The third-order valence-corrected chi connectivity index (χ3v) is 6.66. The van der Waals surface area contributed by atoms with Gasteiger partial charge in [0, 0.05) is 15.4 Å². The van der Waals surface area contributed by atoms with Crippen LogP contribution >= 0.6 is 11.8 Å². The van der Waals surface area contributed by atoms with Crippen molar-refractivity contribution < 1.29 is 33.2 Å². The number of ether oxygens (including phenoxy) is 6. The largest absolute Gasteiger partial charge is 0.497 e. The lowest BCUT2D eigenvalue weighted by molar-refractivity contribution is -0.300. The number of hydrogen-bond donors (Lipinski definition) is 0. The number of fused-ring (bicyclic) bond motifs is 1. The normalized spacial score (nSPS) is 28.3. The molecule has 34 heavy (non-hydrogen) atoms. The van der Waals surface area contributed by atoms with Crippen molar-refractivity contribution in [1.82, 2.24) is 0 Å². The number of carbonyl (C=O) groups is 1. The van der Waals surface area contributed by atoms with Crippen LogP contribution in [0.4, 0.5) is 0 Å². The predicted octanol–water partition coefficient (Wildman–Crippen LogP) is 3.86. The van der Waals surface area contributed by atoms with E-state index in [0.717, 1.165) is 10.5 Å². The summed E-state index contributed by atoms with van der Waals surface area (Å²) in [6.45, 7) is -0.0853. The number of nitrogens with zero attached hydrogens (tertiary/aromatic N) is 3. The summed E-state index contributed by atoms with van der Waals surface area (Å²) in [6.07, 6.45) is -2.60. The highest BCUT2D eigenvalue weighted by Gasteiger charge is 2.50. The van der Waals surface area contributed by atoms with Gasteiger partial charge in [0.15, 0.2) is 6.29 Å². The van der Waals surface area contributed by atoms with E-state index >= 15 is 0 Å². The number of benzene rings is 2. The molecule has 2 aromatic rings. The fourth-order valence-corrected chi connectivity index (χ4v) is 4.97. The summed E-state index contributed by atoms with van der Waals surface area (Å²) in [5.41, 5.74) is 9.54. The highest BCUT2D eigenvalue weighted by molar-refractivity contribution is 7.99. The van der Waals surface area contributed by atoms with Crippen molar-refractivity contribution in [2.45, 2.75) is 41.0 Å². The molecular formula is C23H25N3O7S. The molecule has 2 aromatic carbocycles. The first kappa shape index (κ1) is 24.3. The number of esters is 1. The van der Waals surface area contributed by atoms with Crippen LogP contribution in [0.15, 0.2) is 64.6 Å². The number of rotatable bonds is 8. The zero-order valence-corrected chi connectivity index (χ0v) is 19.5. The summed E-state index contributed by atoms with van der Waals surface area (Å²) in [4.78, 5) is 15.8. The van der Waals surface area contributed by atoms with E-state index in [0.29, 0.717) is 5.75 Å². The van der Waals surface area contributed by atoms with Gasteiger partial charge in [-0.1, -0.05) is 47.2 Å². The Hall–Kier alpha value is -2.79. The third kappa shape index (κ3) is 5.64. The Morgan fingerprint density at radius 3 is 2.59 bits per heavy atom. The summed E-state index contributed by atoms with van der Waals surface area (Å²) < 4.78 is 34.3. The summed E-state index contributed by atoms with van der Waals surface area (Å²) in [6, 6.07) is 16.2. The van der Waals surface area contributed by atoms with Crippen LogP contribution in [0.5, 0.6) is 5.75 Å². The lowest BCUT2D eigenvalue weighted by atomic mass is 9.96. The van der Waals surface area contributed by atoms with E-state index < -0.39 is 42.0 Å². The predicted molar refractivity (Wildman–Crippen MR) is 122 cm³/mol. The Morgan fingerprint density at radius 2 is 1.91 bits per heavy atom. The maximum atomic E-state index is 11.8. The third-order valence-electron chi connectivity index (χ3n) is 5.50. The maximum absolute atomic E-state index is 11.8. The van der Waals surface area contributed by atoms with Crippen LogP contribution in [0.25, 0.3) is 10.4 Å². The molecule has 10 nitrogen and oxygen atoms in total. The SMILES string of the molecule is COC(=O)CO[C@@H]1[C@@H](N=[N+]=[N-])[C@H]2OC(c3ccc(OC)cc3)OC[C@H]2O[C@H]1Sc1ccccc1. The molecule has 2 heterocycles. The van der Waals surface area contributed by atoms with Gasteiger partial charge in [0.25, 0.3) is 0 Å². The molecule has 0 radical (unpaired) electrons. The van der Waals surface area contributed by atoms with Crippen LogP contribution in [0.2, 0.25) is 0 Å². The molecule has 0 aromatic heterocycles. The number of azide groups is 1. The van der Waals surface area contributed by atoms with Crippen LogP contribution in [0.1, 0.15) is 11.9 Å². The molecular weight excluding hydrogens is 462 g/mol. The number of hydrogen-bond acceptors (Lipinski definition) is 9. The van der Waals surface area contributed by atoms with Gasteiger partial charge in [0.2, 0.25) is 0 Å². The monoisotopic (exact) mass is 487 g/mol. The molecule has 2 aliphatic rings. The molecule has 2 saturated heterocycles. The summed E-state index contributed by atoms with van der Waals surface area (Å²) in [5.74, 6) is 0.164. The molecule has 0 aliphatic carbocycles. The zero-order chi connectivity index (χ0) is 23.9. The number of thioether (sulfide) groups is 1. The van der Waals surface area contributed by atoms with Gasteiger partial charge in [-0.15, -0.1) is 0 Å². The zero-order valence-electron chi connectivity index (χ0n) is 18.7. The average molecular weight is 488 g/mol. The Bertz CT molecular complexity index is 1000. The summed E-state index contributed by atoms with van der Waals surface area (Å²) in [5, 5.41) is 4.01. The van der Waals surface area contributed by atoms with Crippen LogP contribution < -0.4 is 4.74 Å². The van der Waals surface area contributed by atoms with Gasteiger partial charge in [-0.25, -0.2) is 4.79 Å². The molecule has 0 bridgehead atoms. The molecule has 11 heteroatoms. The van der Waals surface area contributed by atoms with E-state index in [1.54, 1.807) is 7.11 Å². The van der Waals surface area contributed by atoms with Gasteiger partial charge in [0.1, 0.15) is 36.1 Å². The van der Waals surface area contributed by atoms with E-state index in [1.165, 1.54) is 18.9 Å². The van der Waals surface area contributed by atoms with E-state index in [2.05, 4.69) is 10.0 Å². The number of methoxy groups -OCH3 is 2. The van der Waals surface area contributed by atoms with E-state index in [1.807, 2.05) is 54.6 Å². The molecule has 0 spiro atoms. The van der Waals surface area contributed by atoms with Gasteiger partial charge in [-0.05, 0) is 29.8 Å². The van der Waals surface area contributed by atoms with Crippen molar-refractivity contribution in [3.63, 3.8) is 0 Å². The molecule has 6 atom stereocenters. The van der Waals surface area contributed by atoms with Crippen LogP contribution in [0, 0.1) is 0 Å². The van der Waals surface area contributed by atoms with Crippen LogP contribution in [0.3, 0.4) is 0 Å². The van der Waals surface area contributed by atoms with Gasteiger partial charge in [-0.3, -0.25) is 0 Å². The van der Waals surface area contributed by atoms with Crippen molar-refractivity contribution >= 4 is 17.7 Å². The maximum Gasteiger partial charge on any atom is 0.331 e. The van der Waals surface area contributed by atoms with Gasteiger partial charge in [-0.2, -0.15) is 0 Å². The lowest BCUT2D eigenvalue weighted by Crippen LogP contribution is -2.61. The topological polar surface area (TPSA) is 121 Å². The molecule has 0 N–H and O–H groups in total. The second-order valence-corrected chi connectivity index (χ2v) is 8.73. The van der Waals surface area contributed by atoms with E-state index in [-0.39, 0.29) is 13.2 Å². The molecule has 2 fully saturated rings. The Balaban J connectivity index is 1.58. The molecule has 1 unspecified atom stereocenters. The van der Waals surface area contributed by atoms with E-state index in [9.17, 15) is 10.3 Å². The Kier molecular flexibility index (Phi) is 8.28. The molecule has 180 valence electrons. The van der Waals surface area contributed by atoms with Crippen molar-refractivity contribution in [2.75, 3.05) is 27.4 Å². The van der Waals surface area contributed by atoms with Crippen molar-refractivity contribution in [3.8, 4) is 5.75 Å². The second kappa shape index (κ2) is 11.6. The highest BCUT2D eigenvalue weighted by atomic mass is 32.2. The minimum atomic E-state index is -0.768. The minimum Gasteiger partial charge on any atom is -0.497 e. The first-order chi connectivity index (χ1) is 16.6. The second-order valence-electron chi connectivity index (χ2n) is 7.56. The van der Waals surface area contributed by atoms with Crippen LogP contribution in [-0.2, 0) is 28.5 Å². The molecule has 4 rings (SSSR count). The first-order valence-electron chi connectivity index (χ1n) is 10.6. The molecule has 0 amide bonds. The van der Waals surface area contributed by atoms with Crippen LogP contribution in [-0.4, -0.2) is 63.2 Å². The van der Waals surface area contributed by atoms with Gasteiger partial charge in [0.05, 0.1) is 26.9 Å². The smallest absolute Gasteiger partial charge is 0.331 e. The van der Waals surface area contributed by atoms with Crippen molar-refractivity contribution in [2.24, 2.45) is 5.11 Å². The standard InChI is InChI=1S/C23H25N3O7S/c1-28-15-10-8-14(9-11-15)22-31-12-17-20(33-22)19(25-26-24)21(30-13-18(27)29-2)23(32-17)34-16-6-4-3-5-7-16/h3-11,17,19-23H,12-13H2,1-2H3/t17-,19+,20+,21-,22?,23+/m1/s1. The molecule has 2 aliphatic heterocycles. The molecule has 0 saturated carbocycles. The van der Waals surface area contributed by atoms with Crippen molar-refractivity contribution in [3.05, 3.63) is 70.6 Å².